The zero-order valence-corrected chi connectivity index (χ0v) is 16.0. The topological polar surface area (TPSA) is 125 Å². The van der Waals surface area contributed by atoms with Crippen LogP contribution in [0.2, 0.25) is 0 Å². The van der Waals surface area contributed by atoms with Gasteiger partial charge in [-0.3, -0.25) is 0 Å². The lowest BCUT2D eigenvalue weighted by molar-refractivity contribution is 0.0525. The van der Waals surface area contributed by atoms with E-state index in [0.717, 1.165) is 0 Å². The number of carboxylic acid groups (broad SMARTS) is 1. The fourth-order valence-corrected chi connectivity index (χ4v) is 2.31. The van der Waals surface area contributed by atoms with Crippen molar-refractivity contribution in [3.63, 3.8) is 0 Å². The standard InChI is InChI=1S/C11H11N3O2.C9H7N3O2/c1-2-16-11(15)9-7-13-14(8-9)10-5-3-4-6-12-10;13-9(14)7-5-11-12(6-7)8-3-1-2-4-10-8/h3-8H,2H2,1H3;1-6H,(H,13,14). The predicted molar refractivity (Wildman–Crippen MR) is 106 cm³/mol. The van der Waals surface area contributed by atoms with Crippen LogP contribution in [0.3, 0.4) is 0 Å². The smallest absolute Gasteiger partial charge is 0.341 e. The molecule has 0 aliphatic rings. The van der Waals surface area contributed by atoms with Gasteiger partial charge >= 0.3 is 11.9 Å². The van der Waals surface area contributed by atoms with Gasteiger partial charge in [0.15, 0.2) is 11.6 Å². The first-order valence-electron chi connectivity index (χ1n) is 8.91. The highest BCUT2D eigenvalue weighted by atomic mass is 16.5. The van der Waals surface area contributed by atoms with Crippen molar-refractivity contribution in [1.82, 2.24) is 29.5 Å². The summed E-state index contributed by atoms with van der Waals surface area (Å²) in [4.78, 5) is 30.1. The van der Waals surface area contributed by atoms with Crippen molar-refractivity contribution in [2.45, 2.75) is 6.92 Å². The molecule has 10 nitrogen and oxygen atoms in total. The van der Waals surface area contributed by atoms with E-state index in [2.05, 4.69) is 20.2 Å². The molecule has 0 spiro atoms. The number of carbonyl (C=O) groups excluding carboxylic acids is 1. The van der Waals surface area contributed by atoms with Crippen LogP contribution >= 0.6 is 0 Å². The Bertz CT molecular complexity index is 1110. The molecule has 0 saturated heterocycles. The Kier molecular flexibility index (Phi) is 6.62. The lowest BCUT2D eigenvalue weighted by Crippen LogP contribution is -2.03. The second kappa shape index (κ2) is 9.73. The average molecular weight is 406 g/mol. The summed E-state index contributed by atoms with van der Waals surface area (Å²) in [5.74, 6) is -0.102. The predicted octanol–water partition coefficient (Wildman–Crippen LogP) is 2.41. The fraction of sp³-hybridized carbons (Fsp3) is 0.100. The molecule has 4 aromatic rings. The monoisotopic (exact) mass is 406 g/mol. The first kappa shape index (κ1) is 20.4. The summed E-state index contributed by atoms with van der Waals surface area (Å²) < 4.78 is 7.82. The summed E-state index contributed by atoms with van der Waals surface area (Å²) in [6, 6.07) is 10.8. The van der Waals surface area contributed by atoms with Crippen LogP contribution in [0.25, 0.3) is 11.6 Å². The van der Waals surface area contributed by atoms with Crippen LogP contribution in [0.4, 0.5) is 0 Å². The van der Waals surface area contributed by atoms with Gasteiger partial charge in [-0.25, -0.2) is 28.9 Å². The number of hydrogen-bond acceptors (Lipinski definition) is 7. The summed E-state index contributed by atoms with van der Waals surface area (Å²) in [7, 11) is 0. The van der Waals surface area contributed by atoms with Gasteiger partial charge in [-0.2, -0.15) is 10.2 Å². The van der Waals surface area contributed by atoms with Crippen molar-refractivity contribution in [2.24, 2.45) is 0 Å². The van der Waals surface area contributed by atoms with E-state index < -0.39 is 5.97 Å². The molecule has 0 aromatic carbocycles. The number of carboxylic acids is 1. The molecule has 0 aliphatic carbocycles. The molecule has 0 atom stereocenters. The quantitative estimate of drug-likeness (QED) is 0.501. The van der Waals surface area contributed by atoms with Gasteiger partial charge in [-0.1, -0.05) is 12.1 Å². The van der Waals surface area contributed by atoms with Crippen LogP contribution in [-0.4, -0.2) is 53.2 Å². The van der Waals surface area contributed by atoms with Gasteiger partial charge in [0.2, 0.25) is 0 Å². The maximum absolute atomic E-state index is 11.4. The molecular formula is C20H18N6O4. The number of esters is 1. The number of pyridine rings is 2. The van der Waals surface area contributed by atoms with Crippen molar-refractivity contribution in [1.29, 1.82) is 0 Å². The molecule has 152 valence electrons. The number of hydrogen-bond donors (Lipinski definition) is 1. The Hall–Kier alpha value is -4.34. The summed E-state index contributed by atoms with van der Waals surface area (Å²) >= 11 is 0. The van der Waals surface area contributed by atoms with Crippen molar-refractivity contribution < 1.29 is 19.4 Å². The number of rotatable bonds is 5. The zero-order chi connectivity index (χ0) is 21.3. The van der Waals surface area contributed by atoms with Gasteiger partial charge in [0, 0.05) is 24.8 Å². The summed E-state index contributed by atoms with van der Waals surface area (Å²) in [5.41, 5.74) is 0.572. The van der Waals surface area contributed by atoms with Crippen molar-refractivity contribution in [2.75, 3.05) is 6.61 Å². The van der Waals surface area contributed by atoms with Crippen LogP contribution in [0.15, 0.2) is 73.6 Å². The molecule has 4 aromatic heterocycles. The number of aromatic nitrogens is 6. The van der Waals surface area contributed by atoms with Crippen molar-refractivity contribution >= 4 is 11.9 Å². The fourth-order valence-electron chi connectivity index (χ4n) is 2.31. The van der Waals surface area contributed by atoms with Crippen LogP contribution in [0.5, 0.6) is 0 Å². The zero-order valence-electron chi connectivity index (χ0n) is 16.0. The molecule has 0 unspecified atom stereocenters. The maximum atomic E-state index is 11.4. The third-order valence-corrected chi connectivity index (χ3v) is 3.69. The van der Waals surface area contributed by atoms with E-state index in [-0.39, 0.29) is 11.5 Å². The van der Waals surface area contributed by atoms with E-state index in [4.69, 9.17) is 9.84 Å². The Labute approximate surface area is 171 Å². The Morgan fingerprint density at radius 2 is 1.43 bits per heavy atom. The largest absolute Gasteiger partial charge is 0.478 e. The minimum absolute atomic E-state index is 0.149. The van der Waals surface area contributed by atoms with Crippen LogP contribution in [-0.2, 0) is 4.74 Å². The number of nitrogens with zero attached hydrogens (tertiary/aromatic N) is 6. The highest BCUT2D eigenvalue weighted by Crippen LogP contribution is 2.06. The molecule has 0 saturated carbocycles. The molecule has 1 N–H and O–H groups in total. The van der Waals surface area contributed by atoms with Crippen molar-refractivity contribution in [3.05, 3.63) is 84.7 Å². The summed E-state index contributed by atoms with van der Waals surface area (Å²) in [5, 5.41) is 16.6. The van der Waals surface area contributed by atoms with Crippen molar-refractivity contribution in [3.8, 4) is 11.6 Å². The summed E-state index contributed by atoms with van der Waals surface area (Å²) in [6.45, 7) is 2.12. The molecule has 0 bridgehead atoms. The minimum atomic E-state index is -0.993. The average Bonchev–Trinajstić information content (AvgIpc) is 3.46. The van der Waals surface area contributed by atoms with Gasteiger partial charge in [0.25, 0.3) is 0 Å². The third-order valence-electron chi connectivity index (χ3n) is 3.69. The van der Waals surface area contributed by atoms with Crippen LogP contribution in [0, 0.1) is 0 Å². The first-order valence-corrected chi connectivity index (χ1v) is 8.91. The van der Waals surface area contributed by atoms with E-state index in [1.165, 1.54) is 28.0 Å². The molecule has 0 radical (unpaired) electrons. The molecule has 0 aliphatic heterocycles. The molecule has 30 heavy (non-hydrogen) atoms. The van der Waals surface area contributed by atoms with Gasteiger partial charge in [0.05, 0.1) is 30.1 Å². The lowest BCUT2D eigenvalue weighted by atomic mass is 10.4. The van der Waals surface area contributed by atoms with Gasteiger partial charge in [0.1, 0.15) is 0 Å². The second-order valence-corrected chi connectivity index (χ2v) is 5.75. The molecule has 0 amide bonds. The maximum Gasteiger partial charge on any atom is 0.341 e. The van der Waals surface area contributed by atoms with E-state index in [9.17, 15) is 9.59 Å². The first-order chi connectivity index (χ1) is 14.6. The summed E-state index contributed by atoms with van der Waals surface area (Å²) in [6.07, 6.45) is 9.06. The highest BCUT2D eigenvalue weighted by Gasteiger charge is 2.10. The van der Waals surface area contributed by atoms with Gasteiger partial charge in [-0.05, 0) is 31.2 Å². The molecular weight excluding hydrogens is 388 g/mol. The minimum Gasteiger partial charge on any atom is -0.478 e. The Morgan fingerprint density at radius 3 is 1.87 bits per heavy atom. The third kappa shape index (κ3) is 5.13. The molecule has 0 fully saturated rings. The van der Waals surface area contributed by atoms with E-state index >= 15 is 0 Å². The molecule has 4 heterocycles. The van der Waals surface area contributed by atoms with Crippen LogP contribution < -0.4 is 0 Å². The Balaban J connectivity index is 0.000000172. The number of ether oxygens (including phenoxy) is 1. The van der Waals surface area contributed by atoms with Crippen LogP contribution in [0.1, 0.15) is 27.6 Å². The van der Waals surface area contributed by atoms with Gasteiger partial charge < -0.3 is 9.84 Å². The van der Waals surface area contributed by atoms with Gasteiger partial charge in [-0.15, -0.1) is 0 Å². The lowest BCUT2D eigenvalue weighted by Gasteiger charge is -1.98. The normalized spacial score (nSPS) is 10.0. The molecule has 10 heteroatoms. The SMILES string of the molecule is CCOC(=O)c1cnn(-c2ccccn2)c1.O=C(O)c1cnn(-c2ccccn2)c1. The number of aromatic carboxylic acids is 1. The van der Waals surface area contributed by atoms with E-state index in [1.54, 1.807) is 37.6 Å². The van der Waals surface area contributed by atoms with E-state index in [1.807, 2.05) is 24.3 Å². The highest BCUT2D eigenvalue weighted by molar-refractivity contribution is 5.88. The number of carbonyl (C=O) groups is 2. The second-order valence-electron chi connectivity index (χ2n) is 5.75. The molecule has 4 rings (SSSR count). The van der Waals surface area contributed by atoms with E-state index in [0.29, 0.717) is 23.8 Å². The Morgan fingerprint density at radius 1 is 0.900 bits per heavy atom.